The number of carbonyl (C=O) groups is 1. The lowest BCUT2D eigenvalue weighted by atomic mass is 9.92. The lowest BCUT2D eigenvalue weighted by Gasteiger charge is -2.24. The zero-order valence-corrected chi connectivity index (χ0v) is 19.8. The van der Waals surface area contributed by atoms with Crippen molar-refractivity contribution < 1.29 is 34.0 Å². The number of allylic oxidation sites excluding steroid dienone is 2. The summed E-state index contributed by atoms with van der Waals surface area (Å²) >= 11 is 0. The zero-order valence-electron chi connectivity index (χ0n) is 19.8. The quantitative estimate of drug-likeness (QED) is 0.368. The molecule has 0 saturated heterocycles. The number of nitrogens with one attached hydrogen (secondary N) is 1. The number of benzene rings is 1. The van der Waals surface area contributed by atoms with Gasteiger partial charge in [0.1, 0.15) is 23.4 Å². The van der Waals surface area contributed by atoms with E-state index in [-0.39, 0.29) is 19.0 Å². The third-order valence-electron chi connectivity index (χ3n) is 5.82. The molecule has 3 N–H and O–H groups in total. The standard InChI is InChI=1S/C25H32N2O7/c1-4-31-24(29)20-12-16(6-8-27-9-7-26-15-27)22-19(33-20)14-18-17(23(22)32-11-5-10-28)13-21(34-18)25(2,3)30/h6-7,9,12,14,21,26,28,30H,4-5,8,10-11,13,15H2,1-3H3. The Morgan fingerprint density at radius 1 is 1.38 bits per heavy atom. The van der Waals surface area contributed by atoms with Gasteiger partial charge in [0, 0.05) is 50.0 Å². The first-order valence-electron chi connectivity index (χ1n) is 11.6. The maximum atomic E-state index is 12.5. The maximum absolute atomic E-state index is 12.5. The summed E-state index contributed by atoms with van der Waals surface area (Å²) in [6, 6.07) is 1.74. The van der Waals surface area contributed by atoms with Crippen molar-refractivity contribution in [2.45, 2.75) is 45.3 Å². The molecule has 34 heavy (non-hydrogen) atoms. The van der Waals surface area contributed by atoms with Crippen LogP contribution in [0.15, 0.2) is 36.4 Å². The highest BCUT2D eigenvalue weighted by molar-refractivity contribution is 5.95. The molecule has 3 aliphatic heterocycles. The van der Waals surface area contributed by atoms with Crippen LogP contribution in [0.2, 0.25) is 0 Å². The van der Waals surface area contributed by atoms with Crippen LogP contribution in [0.25, 0.3) is 5.57 Å². The zero-order chi connectivity index (χ0) is 24.3. The molecule has 4 rings (SSSR count). The van der Waals surface area contributed by atoms with Crippen molar-refractivity contribution in [1.29, 1.82) is 0 Å². The fourth-order valence-electron chi connectivity index (χ4n) is 4.02. The van der Waals surface area contributed by atoms with E-state index >= 15 is 0 Å². The fourth-order valence-corrected chi connectivity index (χ4v) is 4.02. The first-order chi connectivity index (χ1) is 16.3. The number of carbonyl (C=O) groups excluding carboxylic acids is 1. The van der Waals surface area contributed by atoms with E-state index in [1.54, 1.807) is 32.9 Å². The molecule has 184 valence electrons. The van der Waals surface area contributed by atoms with Crippen LogP contribution < -0.4 is 19.5 Å². The van der Waals surface area contributed by atoms with Gasteiger partial charge in [-0.2, -0.15) is 0 Å². The topological polar surface area (TPSA) is 110 Å². The minimum Gasteiger partial charge on any atom is -0.492 e. The van der Waals surface area contributed by atoms with Gasteiger partial charge in [-0.25, -0.2) is 4.79 Å². The Kier molecular flexibility index (Phi) is 7.04. The molecule has 1 unspecified atom stereocenters. The van der Waals surface area contributed by atoms with E-state index in [0.717, 1.165) is 11.1 Å². The van der Waals surface area contributed by atoms with Gasteiger partial charge in [-0.15, -0.1) is 0 Å². The Hall–Kier alpha value is -3.17. The number of fused-ring (bicyclic) bond motifs is 2. The summed E-state index contributed by atoms with van der Waals surface area (Å²) in [5, 5.41) is 23.0. The number of hydrogen-bond acceptors (Lipinski definition) is 9. The second kappa shape index (κ2) is 9.99. The number of esters is 1. The molecule has 3 heterocycles. The van der Waals surface area contributed by atoms with Gasteiger partial charge in [0.15, 0.2) is 0 Å². The molecular formula is C25H32N2O7. The van der Waals surface area contributed by atoms with E-state index in [1.165, 1.54) is 0 Å². The van der Waals surface area contributed by atoms with Gasteiger partial charge < -0.3 is 39.4 Å². The normalized spacial score (nSPS) is 19.7. The van der Waals surface area contributed by atoms with Crippen molar-refractivity contribution >= 4 is 11.5 Å². The molecule has 9 nitrogen and oxygen atoms in total. The van der Waals surface area contributed by atoms with Crippen molar-refractivity contribution in [2.24, 2.45) is 0 Å². The van der Waals surface area contributed by atoms with Crippen LogP contribution in [0.4, 0.5) is 0 Å². The Morgan fingerprint density at radius 3 is 2.88 bits per heavy atom. The monoisotopic (exact) mass is 472 g/mol. The Labute approximate surface area is 199 Å². The predicted octanol–water partition coefficient (Wildman–Crippen LogP) is 2.08. The van der Waals surface area contributed by atoms with Crippen molar-refractivity contribution in [2.75, 3.05) is 33.0 Å². The van der Waals surface area contributed by atoms with E-state index in [2.05, 4.69) is 10.2 Å². The summed E-state index contributed by atoms with van der Waals surface area (Å²) in [6.45, 7) is 6.96. The van der Waals surface area contributed by atoms with Gasteiger partial charge in [-0.3, -0.25) is 0 Å². The van der Waals surface area contributed by atoms with Crippen LogP contribution in [0.3, 0.4) is 0 Å². The SMILES string of the molecule is CCOC(=O)C1=CC(=CCN2C=CNC2)c2c(cc3c(c2OCCCO)CC(C(C)(C)O)O3)O1. The molecule has 1 aromatic rings. The number of rotatable bonds is 9. The summed E-state index contributed by atoms with van der Waals surface area (Å²) in [7, 11) is 0. The summed E-state index contributed by atoms with van der Waals surface area (Å²) in [5.74, 6) is 1.06. The first kappa shape index (κ1) is 24.0. The van der Waals surface area contributed by atoms with Crippen molar-refractivity contribution in [1.82, 2.24) is 10.2 Å². The summed E-state index contributed by atoms with van der Waals surface area (Å²) < 4.78 is 23.4. The van der Waals surface area contributed by atoms with Crippen LogP contribution in [0, 0.1) is 0 Å². The third kappa shape index (κ3) is 5.00. The summed E-state index contributed by atoms with van der Waals surface area (Å²) in [4.78, 5) is 14.6. The average molecular weight is 473 g/mol. The lowest BCUT2D eigenvalue weighted by molar-refractivity contribution is -0.141. The Morgan fingerprint density at radius 2 is 2.21 bits per heavy atom. The van der Waals surface area contributed by atoms with E-state index in [9.17, 15) is 15.0 Å². The molecule has 1 aromatic carbocycles. The molecule has 3 aliphatic rings. The molecule has 0 saturated carbocycles. The van der Waals surface area contributed by atoms with Crippen LogP contribution in [-0.2, 0) is 16.0 Å². The van der Waals surface area contributed by atoms with Crippen LogP contribution in [0.5, 0.6) is 17.2 Å². The van der Waals surface area contributed by atoms with E-state index < -0.39 is 17.7 Å². The smallest absolute Gasteiger partial charge is 0.374 e. The van der Waals surface area contributed by atoms with Crippen molar-refractivity contribution in [3.8, 4) is 17.2 Å². The number of ether oxygens (including phenoxy) is 4. The van der Waals surface area contributed by atoms with Crippen molar-refractivity contribution in [3.05, 3.63) is 47.5 Å². The second-order valence-electron chi connectivity index (χ2n) is 8.89. The van der Waals surface area contributed by atoms with Crippen molar-refractivity contribution in [3.63, 3.8) is 0 Å². The van der Waals surface area contributed by atoms with Crippen LogP contribution >= 0.6 is 0 Å². The molecule has 0 aliphatic carbocycles. The molecule has 0 aromatic heterocycles. The van der Waals surface area contributed by atoms with Gasteiger partial charge in [0.2, 0.25) is 5.76 Å². The maximum Gasteiger partial charge on any atom is 0.374 e. The molecule has 0 spiro atoms. The highest BCUT2D eigenvalue weighted by Crippen LogP contribution is 2.50. The summed E-state index contributed by atoms with van der Waals surface area (Å²) in [6.07, 6.45) is 7.96. The number of aliphatic hydroxyl groups is 2. The van der Waals surface area contributed by atoms with E-state index in [1.807, 2.05) is 18.5 Å². The largest absolute Gasteiger partial charge is 0.492 e. The lowest BCUT2D eigenvalue weighted by Crippen LogP contribution is -2.39. The van der Waals surface area contributed by atoms with Crippen LogP contribution in [-0.4, -0.2) is 65.8 Å². The molecule has 9 heteroatoms. The molecule has 0 fully saturated rings. The van der Waals surface area contributed by atoms with E-state index in [0.29, 0.717) is 55.5 Å². The molecular weight excluding hydrogens is 440 g/mol. The molecule has 0 bridgehead atoms. The van der Waals surface area contributed by atoms with Crippen LogP contribution in [0.1, 0.15) is 38.3 Å². The molecule has 0 radical (unpaired) electrons. The molecule has 1 atom stereocenters. The average Bonchev–Trinajstić information content (AvgIpc) is 3.46. The highest BCUT2D eigenvalue weighted by atomic mass is 16.6. The second-order valence-corrected chi connectivity index (χ2v) is 8.89. The number of hydrogen-bond donors (Lipinski definition) is 3. The fraction of sp³-hybridized carbons (Fsp3) is 0.480. The number of nitrogens with zero attached hydrogens (tertiary/aromatic N) is 1. The van der Waals surface area contributed by atoms with Gasteiger partial charge >= 0.3 is 5.97 Å². The third-order valence-corrected chi connectivity index (χ3v) is 5.82. The first-order valence-corrected chi connectivity index (χ1v) is 11.6. The van der Waals surface area contributed by atoms with Gasteiger partial charge in [-0.1, -0.05) is 6.08 Å². The highest BCUT2D eigenvalue weighted by Gasteiger charge is 2.39. The van der Waals surface area contributed by atoms with Gasteiger partial charge in [0.05, 0.1) is 31.0 Å². The predicted molar refractivity (Wildman–Crippen MR) is 125 cm³/mol. The minimum absolute atomic E-state index is 0.000408. The van der Waals surface area contributed by atoms with E-state index in [4.69, 9.17) is 18.9 Å². The minimum atomic E-state index is -1.06. The summed E-state index contributed by atoms with van der Waals surface area (Å²) in [5.41, 5.74) is 1.23. The van der Waals surface area contributed by atoms with Gasteiger partial charge in [-0.05, 0) is 32.4 Å². The molecule has 0 amide bonds. The Bertz CT molecular complexity index is 1020. The van der Waals surface area contributed by atoms with Gasteiger partial charge in [0.25, 0.3) is 0 Å². The number of aliphatic hydroxyl groups excluding tert-OH is 1. The Balaban J connectivity index is 1.79.